The van der Waals surface area contributed by atoms with Crippen molar-refractivity contribution in [3.63, 3.8) is 0 Å². The summed E-state index contributed by atoms with van der Waals surface area (Å²) in [6.45, 7) is 7.39. The fraction of sp³-hybridized carbons (Fsp3) is 0.417. The lowest BCUT2D eigenvalue weighted by atomic mass is 10.2. The maximum Gasteiger partial charge on any atom is 0.270 e. The first kappa shape index (κ1) is 15.4. The van der Waals surface area contributed by atoms with Gasteiger partial charge in [0.2, 0.25) is 0 Å². The van der Waals surface area contributed by atoms with E-state index in [4.69, 9.17) is 16.9 Å². The topological polar surface area (TPSA) is 65.8 Å². The van der Waals surface area contributed by atoms with Gasteiger partial charge in [0.1, 0.15) is 11.7 Å². The number of aromatic nitrogens is 1. The molecular weight excluding hydrogens is 238 g/mol. The molecule has 5 heteroatoms. The molecule has 92 valence electrons. The highest BCUT2D eigenvalue weighted by Crippen LogP contribution is 2.14. The number of nitrogens with zero attached hydrogens (tertiary/aromatic N) is 2. The second kappa shape index (κ2) is 7.64. The molecule has 1 aromatic rings. The van der Waals surface area contributed by atoms with Gasteiger partial charge in [-0.25, -0.2) is 0 Å². The minimum Gasteiger partial charge on any atom is -0.335 e. The molecule has 0 bridgehead atoms. The van der Waals surface area contributed by atoms with Crippen LogP contribution in [0.5, 0.6) is 0 Å². The number of halogens is 1. The Labute approximate surface area is 107 Å². The highest BCUT2D eigenvalue weighted by molar-refractivity contribution is 6.31. The predicted molar refractivity (Wildman–Crippen MR) is 67.9 cm³/mol. The molecule has 1 heterocycles. The van der Waals surface area contributed by atoms with Gasteiger partial charge in [-0.05, 0) is 25.5 Å². The number of carbonyl (C=O) groups excluding carboxylic acids is 1. The van der Waals surface area contributed by atoms with Crippen LogP contribution in [0.15, 0.2) is 12.3 Å². The zero-order chi connectivity index (χ0) is 13.4. The number of amides is 1. The SMILES string of the molecule is CC.Cc1cnc(C(=O)NC(C)C#N)cc1Cl. The van der Waals surface area contributed by atoms with Crippen LogP contribution in [0.1, 0.15) is 36.8 Å². The van der Waals surface area contributed by atoms with Crippen LogP contribution < -0.4 is 5.32 Å². The van der Waals surface area contributed by atoms with Crippen LogP contribution in [0.4, 0.5) is 0 Å². The molecule has 0 aliphatic rings. The van der Waals surface area contributed by atoms with Crippen LogP contribution in [0.3, 0.4) is 0 Å². The van der Waals surface area contributed by atoms with Crippen LogP contribution in [0, 0.1) is 18.3 Å². The molecule has 0 aliphatic heterocycles. The Kier molecular flexibility index (Phi) is 6.92. The van der Waals surface area contributed by atoms with Crippen molar-refractivity contribution >= 4 is 17.5 Å². The maximum atomic E-state index is 11.5. The number of carbonyl (C=O) groups is 1. The van der Waals surface area contributed by atoms with E-state index < -0.39 is 11.9 Å². The fourth-order valence-corrected chi connectivity index (χ4v) is 1.08. The molecule has 17 heavy (non-hydrogen) atoms. The van der Waals surface area contributed by atoms with Gasteiger partial charge in [-0.2, -0.15) is 5.26 Å². The van der Waals surface area contributed by atoms with Crippen molar-refractivity contribution in [3.05, 3.63) is 28.5 Å². The first-order chi connectivity index (χ1) is 8.04. The van der Waals surface area contributed by atoms with E-state index in [1.807, 2.05) is 19.9 Å². The van der Waals surface area contributed by atoms with Crippen molar-refractivity contribution in [1.29, 1.82) is 5.26 Å². The summed E-state index contributed by atoms with van der Waals surface area (Å²) in [7, 11) is 0. The number of pyridine rings is 1. The normalized spacial score (nSPS) is 10.6. The average Bonchev–Trinajstić information content (AvgIpc) is 2.34. The summed E-state index contributed by atoms with van der Waals surface area (Å²) in [4.78, 5) is 15.4. The van der Waals surface area contributed by atoms with E-state index in [2.05, 4.69) is 10.3 Å². The quantitative estimate of drug-likeness (QED) is 0.881. The first-order valence-electron chi connectivity index (χ1n) is 5.37. The second-order valence-corrected chi connectivity index (χ2v) is 3.55. The van der Waals surface area contributed by atoms with E-state index in [9.17, 15) is 4.79 Å². The molecule has 1 N–H and O–H groups in total. The van der Waals surface area contributed by atoms with Gasteiger partial charge in [-0.15, -0.1) is 0 Å². The van der Waals surface area contributed by atoms with Crippen LogP contribution in [0.25, 0.3) is 0 Å². The summed E-state index contributed by atoms with van der Waals surface area (Å²) in [5.41, 5.74) is 1.02. The molecule has 1 unspecified atom stereocenters. The lowest BCUT2D eigenvalue weighted by Crippen LogP contribution is -2.31. The van der Waals surface area contributed by atoms with E-state index in [1.54, 1.807) is 13.8 Å². The monoisotopic (exact) mass is 253 g/mol. The molecule has 0 spiro atoms. The largest absolute Gasteiger partial charge is 0.335 e. The van der Waals surface area contributed by atoms with Gasteiger partial charge in [-0.1, -0.05) is 25.4 Å². The van der Waals surface area contributed by atoms with E-state index in [0.29, 0.717) is 5.02 Å². The van der Waals surface area contributed by atoms with E-state index >= 15 is 0 Å². The number of rotatable bonds is 2. The van der Waals surface area contributed by atoms with Gasteiger partial charge >= 0.3 is 0 Å². The van der Waals surface area contributed by atoms with Gasteiger partial charge in [-0.3, -0.25) is 9.78 Å². The number of hydrogen-bond acceptors (Lipinski definition) is 3. The Bertz CT molecular complexity index is 426. The van der Waals surface area contributed by atoms with Gasteiger partial charge in [0.15, 0.2) is 0 Å². The minimum atomic E-state index is -0.542. The van der Waals surface area contributed by atoms with Crippen LogP contribution >= 0.6 is 11.6 Å². The molecule has 0 saturated heterocycles. The highest BCUT2D eigenvalue weighted by Gasteiger charge is 2.11. The predicted octanol–water partition coefficient (Wildman–Crippen LogP) is 2.71. The summed E-state index contributed by atoms with van der Waals surface area (Å²) in [5, 5.41) is 11.5. The van der Waals surface area contributed by atoms with Crippen molar-refractivity contribution in [3.8, 4) is 6.07 Å². The molecule has 0 radical (unpaired) electrons. The maximum absolute atomic E-state index is 11.5. The lowest BCUT2D eigenvalue weighted by Gasteiger charge is -2.06. The van der Waals surface area contributed by atoms with Crippen molar-refractivity contribution in [2.24, 2.45) is 0 Å². The third-order valence-electron chi connectivity index (χ3n) is 1.81. The summed E-state index contributed by atoms with van der Waals surface area (Å²) < 4.78 is 0. The summed E-state index contributed by atoms with van der Waals surface area (Å²) >= 11 is 5.84. The Balaban J connectivity index is 0.00000121. The van der Waals surface area contributed by atoms with Crippen molar-refractivity contribution in [1.82, 2.24) is 10.3 Å². The van der Waals surface area contributed by atoms with Crippen LogP contribution in [-0.4, -0.2) is 16.9 Å². The molecule has 1 aromatic heterocycles. The number of hydrogen-bond donors (Lipinski definition) is 1. The lowest BCUT2D eigenvalue weighted by molar-refractivity contribution is 0.0943. The molecule has 1 amide bonds. The number of nitriles is 1. The Morgan fingerprint density at radius 3 is 2.65 bits per heavy atom. The Morgan fingerprint density at radius 1 is 1.59 bits per heavy atom. The van der Waals surface area contributed by atoms with Crippen molar-refractivity contribution in [2.45, 2.75) is 33.7 Å². The van der Waals surface area contributed by atoms with E-state index in [1.165, 1.54) is 12.3 Å². The summed E-state index contributed by atoms with van der Waals surface area (Å²) in [6, 6.07) is 2.84. The van der Waals surface area contributed by atoms with Gasteiger partial charge in [0, 0.05) is 11.2 Å². The molecule has 0 saturated carbocycles. The Morgan fingerprint density at radius 2 is 2.18 bits per heavy atom. The standard InChI is InChI=1S/C10H10ClN3O.C2H6/c1-6-5-13-9(3-8(6)11)10(15)14-7(2)4-12;1-2/h3,5,7H,1-2H3,(H,14,15);1-2H3. The third kappa shape index (κ3) is 4.83. The van der Waals surface area contributed by atoms with E-state index in [-0.39, 0.29) is 5.69 Å². The van der Waals surface area contributed by atoms with Gasteiger partial charge in [0.25, 0.3) is 5.91 Å². The first-order valence-corrected chi connectivity index (χ1v) is 5.75. The Hall–Kier alpha value is -1.60. The zero-order valence-corrected chi connectivity index (χ0v) is 11.2. The zero-order valence-electron chi connectivity index (χ0n) is 10.4. The second-order valence-electron chi connectivity index (χ2n) is 3.14. The van der Waals surface area contributed by atoms with Crippen LogP contribution in [-0.2, 0) is 0 Å². The molecule has 1 atom stereocenters. The highest BCUT2D eigenvalue weighted by atomic mass is 35.5. The minimum absolute atomic E-state index is 0.215. The molecule has 0 aromatic carbocycles. The molecular formula is C12H16ClN3O. The fourth-order valence-electron chi connectivity index (χ4n) is 0.926. The van der Waals surface area contributed by atoms with Gasteiger partial charge in [0.05, 0.1) is 6.07 Å². The average molecular weight is 254 g/mol. The molecule has 0 fully saturated rings. The molecule has 0 aliphatic carbocycles. The molecule has 4 nitrogen and oxygen atoms in total. The summed E-state index contributed by atoms with van der Waals surface area (Å²) in [5.74, 6) is -0.397. The smallest absolute Gasteiger partial charge is 0.270 e. The van der Waals surface area contributed by atoms with Crippen molar-refractivity contribution in [2.75, 3.05) is 0 Å². The van der Waals surface area contributed by atoms with Crippen LogP contribution in [0.2, 0.25) is 5.02 Å². The third-order valence-corrected chi connectivity index (χ3v) is 2.22. The summed E-state index contributed by atoms with van der Waals surface area (Å²) in [6.07, 6.45) is 1.52. The van der Waals surface area contributed by atoms with E-state index in [0.717, 1.165) is 5.56 Å². The van der Waals surface area contributed by atoms with Gasteiger partial charge < -0.3 is 5.32 Å². The number of aryl methyl sites for hydroxylation is 1. The van der Waals surface area contributed by atoms with Crippen molar-refractivity contribution < 1.29 is 4.79 Å². The molecule has 1 rings (SSSR count). The number of nitrogens with one attached hydrogen (secondary N) is 1.